The molecule has 0 saturated carbocycles. The van der Waals surface area contributed by atoms with Crippen molar-refractivity contribution in [2.45, 2.75) is 19.1 Å². The zero-order chi connectivity index (χ0) is 18.9. The van der Waals surface area contributed by atoms with Crippen LogP contribution in [0.3, 0.4) is 0 Å². The maximum atomic E-state index is 12.6. The van der Waals surface area contributed by atoms with Crippen LogP contribution in [0.4, 0.5) is 13.2 Å². The largest absolute Gasteiger partial charge is 0.422 e. The van der Waals surface area contributed by atoms with Crippen molar-refractivity contribution in [2.75, 3.05) is 0 Å². The quantitative estimate of drug-likeness (QED) is 0.708. The van der Waals surface area contributed by atoms with Gasteiger partial charge in [0.1, 0.15) is 11.1 Å². The average molecular weight is 361 g/mol. The summed E-state index contributed by atoms with van der Waals surface area (Å²) in [7, 11) is 0. The third-order valence-electron chi connectivity index (χ3n) is 3.97. The molecule has 0 aliphatic heterocycles. The third-order valence-corrected chi connectivity index (χ3v) is 3.97. The molecule has 2 aromatic carbocycles. The molecule has 0 bridgehead atoms. The number of benzene rings is 2. The van der Waals surface area contributed by atoms with Crippen LogP contribution in [0.5, 0.6) is 0 Å². The third kappa shape index (κ3) is 3.61. The molecule has 0 aliphatic rings. The van der Waals surface area contributed by atoms with Gasteiger partial charge in [-0.2, -0.15) is 13.2 Å². The topological polar surface area (TPSA) is 59.3 Å². The van der Waals surface area contributed by atoms with Crippen LogP contribution in [0, 0.1) is 0 Å². The van der Waals surface area contributed by atoms with E-state index in [0.29, 0.717) is 16.5 Å². The summed E-state index contributed by atoms with van der Waals surface area (Å²) in [6, 6.07) is 12.1. The number of alkyl halides is 3. The van der Waals surface area contributed by atoms with Gasteiger partial charge in [0.25, 0.3) is 5.91 Å². The van der Waals surface area contributed by atoms with Gasteiger partial charge < -0.3 is 9.73 Å². The fourth-order valence-electron chi connectivity index (χ4n) is 2.54. The molecule has 1 heterocycles. The highest BCUT2D eigenvalue weighted by atomic mass is 19.4. The smallest absolute Gasteiger partial charge is 0.416 e. The Kier molecular flexibility index (Phi) is 4.54. The SMILES string of the molecule is CC(NC(=O)c1cc2ccccc2oc1=O)c1ccc(C(F)(F)F)cc1. The minimum Gasteiger partial charge on any atom is -0.422 e. The number of amides is 1. The minimum atomic E-state index is -4.42. The van der Waals surface area contributed by atoms with E-state index in [9.17, 15) is 22.8 Å². The summed E-state index contributed by atoms with van der Waals surface area (Å²) in [5.74, 6) is -0.656. The number of halogens is 3. The first kappa shape index (κ1) is 17.7. The molecular formula is C19H14F3NO3. The maximum absolute atomic E-state index is 12.6. The van der Waals surface area contributed by atoms with Crippen LogP contribution in [-0.2, 0) is 6.18 Å². The van der Waals surface area contributed by atoms with Crippen LogP contribution >= 0.6 is 0 Å². The van der Waals surface area contributed by atoms with Gasteiger partial charge >= 0.3 is 11.8 Å². The Labute approximate surface area is 146 Å². The molecule has 1 unspecified atom stereocenters. The molecule has 1 N–H and O–H groups in total. The number of hydrogen-bond acceptors (Lipinski definition) is 3. The van der Waals surface area contributed by atoms with Crippen LogP contribution in [0.25, 0.3) is 11.0 Å². The molecule has 1 amide bonds. The van der Waals surface area contributed by atoms with Crippen LogP contribution in [0.2, 0.25) is 0 Å². The molecule has 0 radical (unpaired) electrons. The standard InChI is InChI=1S/C19H14F3NO3/c1-11(12-6-8-14(9-7-12)19(20,21)22)23-17(24)15-10-13-4-2-3-5-16(13)26-18(15)25/h2-11H,1H3,(H,23,24). The van der Waals surface area contributed by atoms with Crippen molar-refractivity contribution in [3.05, 3.63) is 81.7 Å². The molecule has 26 heavy (non-hydrogen) atoms. The van der Waals surface area contributed by atoms with Gasteiger partial charge in [-0.3, -0.25) is 4.79 Å². The fourth-order valence-corrected chi connectivity index (χ4v) is 2.54. The van der Waals surface area contributed by atoms with E-state index < -0.39 is 29.3 Å². The molecular weight excluding hydrogens is 347 g/mol. The molecule has 134 valence electrons. The normalized spacial score (nSPS) is 12.8. The van der Waals surface area contributed by atoms with Gasteiger partial charge in [0.2, 0.25) is 0 Å². The predicted molar refractivity (Wildman–Crippen MR) is 89.8 cm³/mol. The predicted octanol–water partition coefficient (Wildman–Crippen LogP) is 4.30. The zero-order valence-corrected chi connectivity index (χ0v) is 13.6. The van der Waals surface area contributed by atoms with Gasteiger partial charge in [-0.1, -0.05) is 30.3 Å². The lowest BCUT2D eigenvalue weighted by Gasteiger charge is -2.15. The number of carbonyl (C=O) groups is 1. The Morgan fingerprint density at radius 2 is 1.73 bits per heavy atom. The molecule has 0 spiro atoms. The first-order chi connectivity index (χ1) is 12.3. The van der Waals surface area contributed by atoms with E-state index in [1.54, 1.807) is 31.2 Å². The van der Waals surface area contributed by atoms with E-state index in [4.69, 9.17) is 4.42 Å². The first-order valence-corrected chi connectivity index (χ1v) is 7.76. The summed E-state index contributed by atoms with van der Waals surface area (Å²) in [5.41, 5.74) is -0.861. The molecule has 0 aliphatic carbocycles. The van der Waals surface area contributed by atoms with Gasteiger partial charge in [0.05, 0.1) is 11.6 Å². The molecule has 7 heteroatoms. The number of fused-ring (bicyclic) bond motifs is 1. The minimum absolute atomic E-state index is 0.164. The highest BCUT2D eigenvalue weighted by Gasteiger charge is 2.30. The van der Waals surface area contributed by atoms with Crippen molar-refractivity contribution in [1.29, 1.82) is 0 Å². The Hall–Kier alpha value is -3.09. The summed E-state index contributed by atoms with van der Waals surface area (Å²) in [6.45, 7) is 1.61. The van der Waals surface area contributed by atoms with E-state index >= 15 is 0 Å². The van der Waals surface area contributed by atoms with Gasteiger partial charge in [0, 0.05) is 5.39 Å². The summed E-state index contributed by atoms with van der Waals surface area (Å²) in [4.78, 5) is 24.4. The number of nitrogens with one attached hydrogen (secondary N) is 1. The molecule has 4 nitrogen and oxygen atoms in total. The molecule has 1 aromatic heterocycles. The van der Waals surface area contributed by atoms with E-state index in [0.717, 1.165) is 12.1 Å². The van der Waals surface area contributed by atoms with Gasteiger partial charge in [-0.05, 0) is 36.8 Å². The van der Waals surface area contributed by atoms with Crippen molar-refractivity contribution in [3.8, 4) is 0 Å². The Bertz CT molecular complexity index is 1010. The second-order valence-electron chi connectivity index (χ2n) is 5.80. The Balaban J connectivity index is 1.81. The molecule has 0 saturated heterocycles. The average Bonchev–Trinajstić information content (AvgIpc) is 2.60. The van der Waals surface area contributed by atoms with Crippen molar-refractivity contribution in [2.24, 2.45) is 0 Å². The maximum Gasteiger partial charge on any atom is 0.416 e. The zero-order valence-electron chi connectivity index (χ0n) is 13.6. The van der Waals surface area contributed by atoms with Crippen LogP contribution in [0.1, 0.15) is 34.5 Å². The number of para-hydroxylation sites is 1. The van der Waals surface area contributed by atoms with Crippen LogP contribution in [0.15, 0.2) is 63.8 Å². The summed E-state index contributed by atoms with van der Waals surface area (Å²) >= 11 is 0. The monoisotopic (exact) mass is 361 g/mol. The van der Waals surface area contributed by atoms with Crippen LogP contribution in [-0.4, -0.2) is 5.91 Å². The second kappa shape index (κ2) is 6.67. The highest BCUT2D eigenvalue weighted by molar-refractivity contribution is 5.96. The molecule has 1 atom stereocenters. The van der Waals surface area contributed by atoms with Crippen molar-refractivity contribution in [3.63, 3.8) is 0 Å². The lowest BCUT2D eigenvalue weighted by Crippen LogP contribution is -2.30. The number of carbonyl (C=O) groups excluding carboxylic acids is 1. The van der Waals surface area contributed by atoms with Crippen molar-refractivity contribution in [1.82, 2.24) is 5.32 Å². The van der Waals surface area contributed by atoms with E-state index in [1.165, 1.54) is 18.2 Å². The fraction of sp³-hybridized carbons (Fsp3) is 0.158. The van der Waals surface area contributed by atoms with Crippen LogP contribution < -0.4 is 10.9 Å². The number of rotatable bonds is 3. The summed E-state index contributed by atoms with van der Waals surface area (Å²) in [6.07, 6.45) is -4.42. The second-order valence-corrected chi connectivity index (χ2v) is 5.80. The van der Waals surface area contributed by atoms with E-state index in [1.807, 2.05) is 0 Å². The summed E-state index contributed by atoms with van der Waals surface area (Å²) < 4.78 is 42.9. The molecule has 0 fully saturated rings. The highest BCUT2D eigenvalue weighted by Crippen LogP contribution is 2.29. The lowest BCUT2D eigenvalue weighted by atomic mass is 10.1. The molecule has 3 aromatic rings. The van der Waals surface area contributed by atoms with Gasteiger partial charge in [-0.15, -0.1) is 0 Å². The van der Waals surface area contributed by atoms with E-state index in [2.05, 4.69) is 5.32 Å². The van der Waals surface area contributed by atoms with Crippen molar-refractivity contribution >= 4 is 16.9 Å². The Morgan fingerprint density at radius 1 is 1.08 bits per heavy atom. The van der Waals surface area contributed by atoms with Gasteiger partial charge in [0.15, 0.2) is 0 Å². The summed E-state index contributed by atoms with van der Waals surface area (Å²) in [5, 5.41) is 3.19. The lowest BCUT2D eigenvalue weighted by molar-refractivity contribution is -0.137. The van der Waals surface area contributed by atoms with Crippen molar-refractivity contribution < 1.29 is 22.4 Å². The van der Waals surface area contributed by atoms with E-state index in [-0.39, 0.29) is 5.56 Å². The number of hydrogen-bond donors (Lipinski definition) is 1. The molecule has 3 rings (SSSR count). The van der Waals surface area contributed by atoms with Gasteiger partial charge in [-0.25, -0.2) is 4.79 Å². The Morgan fingerprint density at radius 3 is 2.38 bits per heavy atom. The first-order valence-electron chi connectivity index (χ1n) is 7.76.